The maximum atomic E-state index is 14.7. The van der Waals surface area contributed by atoms with Crippen LogP contribution in [0.1, 0.15) is 112 Å². The third kappa shape index (κ3) is 14.8. The number of esters is 2. The quantitative estimate of drug-likeness (QED) is 0.0320. The van der Waals surface area contributed by atoms with Crippen LogP contribution in [0.4, 0.5) is 22.4 Å². The maximum absolute atomic E-state index is 14.7. The van der Waals surface area contributed by atoms with E-state index in [9.17, 15) is 41.8 Å². The van der Waals surface area contributed by atoms with Gasteiger partial charge in [-0.15, -0.1) is 0 Å². The van der Waals surface area contributed by atoms with Crippen LogP contribution in [0.3, 0.4) is 0 Å². The highest BCUT2D eigenvalue weighted by atomic mass is 19.4. The lowest BCUT2D eigenvalue weighted by atomic mass is 9.98. The van der Waals surface area contributed by atoms with Gasteiger partial charge in [-0.05, 0) is 86.2 Å². The molecule has 3 aromatic rings. The molecule has 0 spiro atoms. The van der Waals surface area contributed by atoms with Crippen LogP contribution in [0.15, 0.2) is 60.7 Å². The van der Waals surface area contributed by atoms with Crippen LogP contribution in [-0.2, 0) is 14.3 Å². The highest BCUT2D eigenvalue weighted by Gasteiger charge is 2.42. The molecule has 0 saturated carbocycles. The van der Waals surface area contributed by atoms with Crippen molar-refractivity contribution in [2.45, 2.75) is 103 Å². The van der Waals surface area contributed by atoms with Crippen molar-refractivity contribution in [1.82, 2.24) is 0 Å². The van der Waals surface area contributed by atoms with E-state index in [-0.39, 0.29) is 46.6 Å². The number of carbonyl (C=O) groups is 4. The first-order valence-electron chi connectivity index (χ1n) is 18.0. The third-order valence-corrected chi connectivity index (χ3v) is 8.23. The summed E-state index contributed by atoms with van der Waals surface area (Å²) in [6.45, 7) is 4.87. The Morgan fingerprint density at radius 1 is 0.741 bits per heavy atom. The van der Waals surface area contributed by atoms with Crippen molar-refractivity contribution in [3.8, 4) is 28.4 Å². The molecule has 294 valence electrons. The van der Waals surface area contributed by atoms with Crippen LogP contribution in [0.5, 0.6) is 17.2 Å². The minimum Gasteiger partial charge on any atom is -0.545 e. The standard InChI is InChI=1S/C40H46F4O10/c1-3-5-6-7-8-9-12-15-36(45)51-30-21-23-34(33(41)26-30)53-39(49)52-29-20-22-31(37(46)47)32(25-29)27-16-18-28(19-17-27)38(48)54-35(40(42,43)44)14-11-10-13-24-50-4-2/h16-23,25-26,35H,3-15,24H2,1-2H3,(H,46,47)/p-1/t35-/m1/s1. The first kappa shape index (κ1) is 43.4. The number of alkyl halides is 3. The second kappa shape index (κ2) is 22.3. The number of ether oxygens (including phenoxy) is 5. The molecule has 10 nitrogen and oxygen atoms in total. The zero-order valence-corrected chi connectivity index (χ0v) is 30.3. The molecule has 0 saturated heterocycles. The Morgan fingerprint density at radius 3 is 2.04 bits per heavy atom. The average Bonchev–Trinajstić information content (AvgIpc) is 3.12. The number of unbranched alkanes of at least 4 members (excludes halogenated alkanes) is 8. The molecule has 0 heterocycles. The van der Waals surface area contributed by atoms with Gasteiger partial charge in [0.15, 0.2) is 17.7 Å². The molecule has 3 rings (SSSR count). The molecular weight excluding hydrogens is 716 g/mol. The average molecular weight is 762 g/mol. The number of carboxylic acids is 1. The van der Waals surface area contributed by atoms with Gasteiger partial charge in [0.1, 0.15) is 11.5 Å². The Morgan fingerprint density at radius 2 is 1.39 bits per heavy atom. The van der Waals surface area contributed by atoms with Gasteiger partial charge >= 0.3 is 24.3 Å². The van der Waals surface area contributed by atoms with Crippen molar-refractivity contribution in [1.29, 1.82) is 0 Å². The lowest BCUT2D eigenvalue weighted by Crippen LogP contribution is -2.33. The van der Waals surface area contributed by atoms with Crippen LogP contribution in [-0.4, -0.2) is 49.6 Å². The fraction of sp³-hybridized carbons (Fsp3) is 0.450. The fourth-order valence-electron chi connectivity index (χ4n) is 5.37. The van der Waals surface area contributed by atoms with Crippen LogP contribution in [0, 0.1) is 5.82 Å². The summed E-state index contributed by atoms with van der Waals surface area (Å²) in [5.74, 6) is -5.18. The first-order chi connectivity index (χ1) is 25.8. The van der Waals surface area contributed by atoms with E-state index in [0.29, 0.717) is 32.5 Å². The second-order valence-corrected chi connectivity index (χ2v) is 12.4. The summed E-state index contributed by atoms with van der Waals surface area (Å²) in [6, 6.07) is 11.4. The molecule has 0 fully saturated rings. The smallest absolute Gasteiger partial charge is 0.519 e. The highest BCUT2D eigenvalue weighted by molar-refractivity contribution is 5.96. The number of halogens is 4. The molecule has 0 N–H and O–H groups in total. The van der Waals surface area contributed by atoms with Gasteiger partial charge < -0.3 is 33.6 Å². The summed E-state index contributed by atoms with van der Waals surface area (Å²) in [7, 11) is 0. The van der Waals surface area contributed by atoms with Gasteiger partial charge in [-0.25, -0.2) is 14.0 Å². The van der Waals surface area contributed by atoms with Crippen molar-refractivity contribution < 1.29 is 65.5 Å². The number of rotatable bonds is 22. The molecule has 0 aliphatic heterocycles. The van der Waals surface area contributed by atoms with Crippen molar-refractivity contribution in [2.24, 2.45) is 0 Å². The summed E-state index contributed by atoms with van der Waals surface area (Å²) < 4.78 is 80.7. The summed E-state index contributed by atoms with van der Waals surface area (Å²) in [5.41, 5.74) is -0.411. The molecule has 0 aliphatic rings. The van der Waals surface area contributed by atoms with E-state index < -0.39 is 54.3 Å². The van der Waals surface area contributed by atoms with Gasteiger partial charge in [0.2, 0.25) is 0 Å². The molecule has 0 amide bonds. The molecule has 0 aromatic heterocycles. The molecule has 54 heavy (non-hydrogen) atoms. The molecule has 14 heteroatoms. The second-order valence-electron chi connectivity index (χ2n) is 12.4. The van der Waals surface area contributed by atoms with Crippen molar-refractivity contribution in [3.63, 3.8) is 0 Å². The maximum Gasteiger partial charge on any atom is 0.519 e. The SMILES string of the molecule is CCCCCCCCCC(=O)Oc1ccc(OC(=O)Oc2ccc(C(=O)[O-])c(-c3ccc(C(=O)O[C@H](CCCCCOCC)C(F)(F)F)cc3)c2)c(F)c1. The minimum atomic E-state index is -4.78. The lowest BCUT2D eigenvalue weighted by Gasteiger charge is -2.21. The Labute approximate surface area is 311 Å². The van der Waals surface area contributed by atoms with Crippen molar-refractivity contribution in [2.75, 3.05) is 13.2 Å². The number of hydrogen-bond donors (Lipinski definition) is 0. The van der Waals surface area contributed by atoms with E-state index in [2.05, 4.69) is 6.92 Å². The summed E-state index contributed by atoms with van der Waals surface area (Å²) in [5, 5.41) is 11.9. The number of hydrogen-bond acceptors (Lipinski definition) is 10. The summed E-state index contributed by atoms with van der Waals surface area (Å²) in [6.07, 6.45) is -0.380. The van der Waals surface area contributed by atoms with E-state index in [0.717, 1.165) is 74.6 Å². The number of aromatic carboxylic acids is 1. The zero-order valence-electron chi connectivity index (χ0n) is 30.3. The summed E-state index contributed by atoms with van der Waals surface area (Å²) >= 11 is 0. The molecule has 3 aromatic carbocycles. The van der Waals surface area contributed by atoms with Crippen LogP contribution < -0.4 is 19.3 Å². The number of carboxylic acid groups (broad SMARTS) is 1. The van der Waals surface area contributed by atoms with E-state index >= 15 is 0 Å². The van der Waals surface area contributed by atoms with Crippen molar-refractivity contribution >= 4 is 24.1 Å². The topological polar surface area (TPSA) is 137 Å². The fourth-order valence-corrected chi connectivity index (χ4v) is 5.37. The Bertz CT molecular complexity index is 1670. The molecule has 1 atom stereocenters. The monoisotopic (exact) mass is 761 g/mol. The van der Waals surface area contributed by atoms with E-state index in [1.807, 2.05) is 6.92 Å². The Hall–Kier alpha value is -4.98. The van der Waals surface area contributed by atoms with E-state index in [1.54, 1.807) is 0 Å². The van der Waals surface area contributed by atoms with Gasteiger partial charge in [0, 0.05) is 31.3 Å². The van der Waals surface area contributed by atoms with Crippen LogP contribution >= 0.6 is 0 Å². The van der Waals surface area contributed by atoms with Gasteiger partial charge in [-0.2, -0.15) is 13.2 Å². The van der Waals surface area contributed by atoms with Gasteiger partial charge in [0.25, 0.3) is 0 Å². The minimum absolute atomic E-state index is 0.0331. The number of carbonyl (C=O) groups excluding carboxylic acids is 4. The predicted octanol–water partition coefficient (Wildman–Crippen LogP) is 9.16. The molecular formula is C40H45F4O10-. The molecule has 0 unspecified atom stereocenters. The van der Waals surface area contributed by atoms with E-state index in [1.165, 1.54) is 24.6 Å². The van der Waals surface area contributed by atoms with Crippen molar-refractivity contribution in [3.05, 3.63) is 77.6 Å². The van der Waals surface area contributed by atoms with Gasteiger partial charge in [-0.1, -0.05) is 64.0 Å². The normalized spacial score (nSPS) is 11.8. The number of benzene rings is 3. The highest BCUT2D eigenvalue weighted by Crippen LogP contribution is 2.31. The molecule has 0 radical (unpaired) electrons. The lowest BCUT2D eigenvalue weighted by molar-refractivity contribution is -0.255. The first-order valence-corrected chi connectivity index (χ1v) is 18.0. The van der Waals surface area contributed by atoms with Gasteiger partial charge in [-0.3, -0.25) is 4.79 Å². The Kier molecular flexibility index (Phi) is 17.9. The third-order valence-electron chi connectivity index (χ3n) is 8.23. The van der Waals surface area contributed by atoms with Crippen LogP contribution in [0.2, 0.25) is 0 Å². The van der Waals surface area contributed by atoms with Gasteiger partial charge in [0.05, 0.1) is 11.5 Å². The summed E-state index contributed by atoms with van der Waals surface area (Å²) in [4.78, 5) is 49.2. The molecule has 0 aliphatic carbocycles. The predicted molar refractivity (Wildman–Crippen MR) is 188 cm³/mol. The largest absolute Gasteiger partial charge is 0.545 e. The molecule has 0 bridgehead atoms. The Balaban J connectivity index is 1.61. The zero-order chi connectivity index (χ0) is 39.5. The van der Waals surface area contributed by atoms with E-state index in [4.69, 9.17) is 23.7 Å². The van der Waals surface area contributed by atoms with Crippen LogP contribution in [0.25, 0.3) is 11.1 Å².